The SMILES string of the molecule is C[As](C)(=S)S. The van der Waals surface area contributed by atoms with Crippen molar-refractivity contribution in [2.75, 3.05) is 0 Å². The van der Waals surface area contributed by atoms with Gasteiger partial charge < -0.3 is 0 Å². The molecule has 0 aliphatic carbocycles. The zero-order chi connectivity index (χ0) is 4.50. The molecule has 0 fully saturated rings. The second-order valence-electron chi connectivity index (χ2n) is 1.29. The molecule has 0 amide bonds. The zero-order valence-corrected chi connectivity index (χ0v) is 6.89. The molecule has 0 spiro atoms. The fraction of sp³-hybridized carbons (Fsp3) is 1.00. The maximum absolute atomic E-state index is 4.86. The van der Waals surface area contributed by atoms with E-state index in [1.165, 1.54) is 0 Å². The van der Waals surface area contributed by atoms with E-state index < -0.39 is 10.7 Å². The molecule has 0 aromatic carbocycles. The summed E-state index contributed by atoms with van der Waals surface area (Å²) in [6, 6.07) is 0. The summed E-state index contributed by atoms with van der Waals surface area (Å²) < 4.78 is 0. The predicted molar refractivity (Wildman–Crippen MR) is 34.1 cm³/mol. The van der Waals surface area contributed by atoms with E-state index in [1.807, 2.05) is 11.4 Å². The third kappa shape index (κ3) is 39.4. The van der Waals surface area contributed by atoms with E-state index in [-0.39, 0.29) is 0 Å². The van der Waals surface area contributed by atoms with E-state index in [9.17, 15) is 0 Å². The van der Waals surface area contributed by atoms with Gasteiger partial charge in [-0.05, 0) is 0 Å². The van der Waals surface area contributed by atoms with Crippen LogP contribution < -0.4 is 0 Å². The van der Waals surface area contributed by atoms with Crippen molar-refractivity contribution in [3.05, 3.63) is 0 Å². The Balaban J connectivity index is 3.47. The van der Waals surface area contributed by atoms with Crippen LogP contribution in [0.25, 0.3) is 0 Å². The van der Waals surface area contributed by atoms with Gasteiger partial charge in [0.25, 0.3) is 0 Å². The Morgan fingerprint density at radius 1 is 1.60 bits per heavy atom. The van der Waals surface area contributed by atoms with Gasteiger partial charge in [0.1, 0.15) is 0 Å². The standard InChI is InChI=1S/C2H7AsS2/c1-3(2,4)5/h1-2H3,(H,4,5). The van der Waals surface area contributed by atoms with Crippen LogP contribution in [0.4, 0.5) is 0 Å². The van der Waals surface area contributed by atoms with Crippen LogP contribution in [-0.2, 0) is 0 Å². The summed E-state index contributed by atoms with van der Waals surface area (Å²) in [7, 11) is 7.37. The summed E-state index contributed by atoms with van der Waals surface area (Å²) in [6.07, 6.45) is 0. The Morgan fingerprint density at radius 3 is 1.60 bits per heavy atom. The molecule has 32 valence electrons. The molecule has 0 heterocycles. The van der Waals surface area contributed by atoms with E-state index >= 15 is 0 Å². The third-order valence-corrected chi connectivity index (χ3v) is 0. The van der Waals surface area contributed by atoms with Crippen LogP contribution in [0.3, 0.4) is 0 Å². The Bertz CT molecular complexity index is 53.8. The van der Waals surface area contributed by atoms with E-state index in [0.717, 1.165) is 0 Å². The molecule has 0 aromatic rings. The fourth-order valence-electron chi connectivity index (χ4n) is 0. The van der Waals surface area contributed by atoms with Crippen LogP contribution in [0.15, 0.2) is 0 Å². The Labute approximate surface area is 43.6 Å². The van der Waals surface area contributed by atoms with Crippen molar-refractivity contribution in [2.24, 2.45) is 0 Å². The third-order valence-electron chi connectivity index (χ3n) is 0. The van der Waals surface area contributed by atoms with Crippen molar-refractivity contribution in [2.45, 2.75) is 11.4 Å². The molecule has 0 aliphatic heterocycles. The molecule has 0 saturated heterocycles. The molecule has 0 atom stereocenters. The molecule has 0 saturated carbocycles. The van der Waals surface area contributed by atoms with E-state index in [1.54, 1.807) is 0 Å². The van der Waals surface area contributed by atoms with Gasteiger partial charge in [-0.3, -0.25) is 0 Å². The normalized spacial score (nSPS) is 11.8. The monoisotopic (exact) mass is 170 g/mol. The van der Waals surface area contributed by atoms with Gasteiger partial charge in [0.2, 0.25) is 0 Å². The molecule has 0 radical (unpaired) electrons. The van der Waals surface area contributed by atoms with Crippen molar-refractivity contribution in [1.82, 2.24) is 0 Å². The Hall–Kier alpha value is 1.13. The first kappa shape index (κ1) is 6.13. The summed E-state index contributed by atoms with van der Waals surface area (Å²) >= 11 is 0. The van der Waals surface area contributed by atoms with Crippen molar-refractivity contribution >= 4 is 32.0 Å². The second kappa shape index (κ2) is 1.72. The number of rotatable bonds is 0. The zero-order valence-electron chi connectivity index (χ0n) is 3.30. The molecule has 0 bridgehead atoms. The van der Waals surface area contributed by atoms with Gasteiger partial charge >= 0.3 is 43.4 Å². The van der Waals surface area contributed by atoms with Crippen LogP contribution in [-0.4, -0.2) is 10.7 Å². The van der Waals surface area contributed by atoms with Gasteiger partial charge in [-0.15, -0.1) is 0 Å². The summed E-state index contributed by atoms with van der Waals surface area (Å²) in [6.45, 7) is 0. The average Bonchev–Trinajstić information content (AvgIpc) is 0.722. The van der Waals surface area contributed by atoms with Gasteiger partial charge in [-0.25, -0.2) is 0 Å². The first-order valence-corrected chi connectivity index (χ1v) is 10.6. The molecule has 0 nitrogen and oxygen atoms in total. The van der Waals surface area contributed by atoms with Crippen molar-refractivity contribution < 1.29 is 0 Å². The maximum atomic E-state index is 4.86. The molecule has 0 aromatic heterocycles. The molecular formula is C2H7AsS2. The van der Waals surface area contributed by atoms with Crippen LogP contribution in [0.5, 0.6) is 0 Å². The second-order valence-corrected chi connectivity index (χ2v) is 18.1. The van der Waals surface area contributed by atoms with Crippen LogP contribution in [0, 0.1) is 0 Å². The summed E-state index contributed by atoms with van der Waals surface area (Å²) in [5.41, 5.74) is 4.08. The summed E-state index contributed by atoms with van der Waals surface area (Å²) in [5, 5.41) is 0. The Morgan fingerprint density at radius 2 is 1.60 bits per heavy atom. The van der Waals surface area contributed by atoms with E-state index in [2.05, 4.69) is 10.9 Å². The first-order chi connectivity index (χ1) is 2.00. The number of thiol groups is 1. The summed E-state index contributed by atoms with van der Waals surface area (Å²) in [5.74, 6) is 0. The van der Waals surface area contributed by atoms with Gasteiger partial charge in [0.05, 0.1) is 0 Å². The number of hydrogen-bond donors (Lipinski definition) is 1. The van der Waals surface area contributed by atoms with Gasteiger partial charge in [0.15, 0.2) is 0 Å². The minimum absolute atomic E-state index is 1.60. The van der Waals surface area contributed by atoms with Gasteiger partial charge in [0, 0.05) is 0 Å². The van der Waals surface area contributed by atoms with Crippen molar-refractivity contribution in [3.63, 3.8) is 0 Å². The van der Waals surface area contributed by atoms with E-state index in [4.69, 9.17) is 10.4 Å². The fourth-order valence-corrected chi connectivity index (χ4v) is 0. The molecule has 0 unspecified atom stereocenters. The van der Waals surface area contributed by atoms with Crippen LogP contribution in [0.1, 0.15) is 0 Å². The first-order valence-electron chi connectivity index (χ1n) is 1.28. The molecule has 0 N–H and O–H groups in total. The summed E-state index contributed by atoms with van der Waals surface area (Å²) in [4.78, 5) is 0. The quantitative estimate of drug-likeness (QED) is 0.427. The average molecular weight is 170 g/mol. The van der Waals surface area contributed by atoms with Crippen molar-refractivity contribution in [1.29, 1.82) is 0 Å². The molecule has 0 aliphatic rings. The molecular weight excluding hydrogens is 163 g/mol. The van der Waals surface area contributed by atoms with Gasteiger partial charge in [-0.2, -0.15) is 0 Å². The van der Waals surface area contributed by atoms with Crippen LogP contribution >= 0.6 is 21.3 Å². The number of hydrogen-bond acceptors (Lipinski definition) is 1. The van der Waals surface area contributed by atoms with Gasteiger partial charge in [-0.1, -0.05) is 0 Å². The Kier molecular flexibility index (Phi) is 2.11. The van der Waals surface area contributed by atoms with Crippen molar-refractivity contribution in [3.8, 4) is 0 Å². The molecule has 0 rings (SSSR count). The van der Waals surface area contributed by atoms with E-state index in [0.29, 0.717) is 0 Å². The topological polar surface area (TPSA) is 0 Å². The minimum atomic E-state index is -1.60. The molecule has 3 heteroatoms. The van der Waals surface area contributed by atoms with Crippen LogP contribution in [0.2, 0.25) is 11.4 Å². The predicted octanol–water partition coefficient (Wildman–Crippen LogP) is 1.82. The molecule has 5 heavy (non-hydrogen) atoms.